The summed E-state index contributed by atoms with van der Waals surface area (Å²) in [7, 11) is 0. The maximum absolute atomic E-state index is 5.42. The Labute approximate surface area is 83.1 Å². The first-order valence-corrected chi connectivity index (χ1v) is 5.57. The molecular formula is C11H25NO. The van der Waals surface area contributed by atoms with Crippen LogP contribution in [0.1, 0.15) is 40.5 Å². The van der Waals surface area contributed by atoms with Crippen molar-refractivity contribution in [1.29, 1.82) is 0 Å². The molecule has 0 saturated carbocycles. The Bertz CT molecular complexity index is 106. The Balaban J connectivity index is 3.63. The van der Waals surface area contributed by atoms with Crippen LogP contribution in [0.25, 0.3) is 0 Å². The molecule has 0 heterocycles. The Kier molecular flexibility index (Phi) is 8.46. The van der Waals surface area contributed by atoms with Gasteiger partial charge in [-0.2, -0.15) is 0 Å². The lowest BCUT2D eigenvalue weighted by atomic mass is 10.0. The minimum atomic E-state index is 0.617. The van der Waals surface area contributed by atoms with Gasteiger partial charge in [0.25, 0.3) is 0 Å². The molecule has 0 aromatic rings. The second kappa shape index (κ2) is 8.52. The van der Waals surface area contributed by atoms with Crippen LogP contribution in [0.4, 0.5) is 0 Å². The topological polar surface area (TPSA) is 21.3 Å². The number of nitrogens with one attached hydrogen (secondary N) is 1. The summed E-state index contributed by atoms with van der Waals surface area (Å²) in [4.78, 5) is 0. The van der Waals surface area contributed by atoms with E-state index >= 15 is 0 Å². The quantitative estimate of drug-likeness (QED) is 0.630. The van der Waals surface area contributed by atoms with Crippen LogP contribution < -0.4 is 5.32 Å². The van der Waals surface area contributed by atoms with Crippen LogP contribution in [-0.4, -0.2) is 25.8 Å². The fourth-order valence-electron chi connectivity index (χ4n) is 1.50. The van der Waals surface area contributed by atoms with Crippen molar-refractivity contribution in [3.05, 3.63) is 0 Å². The first-order valence-electron chi connectivity index (χ1n) is 5.57. The van der Waals surface area contributed by atoms with Crippen molar-refractivity contribution in [2.75, 3.05) is 19.8 Å². The molecule has 0 spiro atoms. The second-order valence-corrected chi connectivity index (χ2v) is 3.61. The van der Waals surface area contributed by atoms with Gasteiger partial charge < -0.3 is 10.1 Å². The Morgan fingerprint density at radius 1 is 1.23 bits per heavy atom. The predicted molar refractivity (Wildman–Crippen MR) is 58.0 cm³/mol. The molecule has 2 nitrogen and oxygen atoms in total. The smallest absolute Gasteiger partial charge is 0.0506 e. The molecule has 0 saturated heterocycles. The van der Waals surface area contributed by atoms with Gasteiger partial charge in [-0.1, -0.05) is 20.8 Å². The van der Waals surface area contributed by atoms with E-state index < -0.39 is 0 Å². The van der Waals surface area contributed by atoms with Gasteiger partial charge >= 0.3 is 0 Å². The van der Waals surface area contributed by atoms with E-state index in [1.807, 2.05) is 6.92 Å². The van der Waals surface area contributed by atoms with Crippen molar-refractivity contribution in [3.8, 4) is 0 Å². The first-order chi connectivity index (χ1) is 6.26. The van der Waals surface area contributed by atoms with Gasteiger partial charge in [-0.05, 0) is 32.2 Å². The summed E-state index contributed by atoms with van der Waals surface area (Å²) in [5.74, 6) is 0.622. The molecule has 0 aromatic heterocycles. The third-order valence-electron chi connectivity index (χ3n) is 2.37. The fourth-order valence-corrected chi connectivity index (χ4v) is 1.50. The summed E-state index contributed by atoms with van der Waals surface area (Å²) >= 11 is 0. The Morgan fingerprint density at radius 2 is 1.92 bits per heavy atom. The van der Waals surface area contributed by atoms with Crippen LogP contribution in [0.3, 0.4) is 0 Å². The molecule has 0 aliphatic carbocycles. The van der Waals surface area contributed by atoms with E-state index in [1.54, 1.807) is 0 Å². The zero-order valence-corrected chi connectivity index (χ0v) is 9.60. The van der Waals surface area contributed by atoms with E-state index in [-0.39, 0.29) is 0 Å². The van der Waals surface area contributed by atoms with E-state index in [0.29, 0.717) is 12.0 Å². The minimum Gasteiger partial charge on any atom is -0.381 e. The molecule has 0 rings (SSSR count). The first kappa shape index (κ1) is 12.9. The van der Waals surface area contributed by atoms with E-state index in [2.05, 4.69) is 26.1 Å². The molecule has 2 unspecified atom stereocenters. The maximum atomic E-state index is 5.42. The van der Waals surface area contributed by atoms with Gasteiger partial charge in [0, 0.05) is 12.6 Å². The SMILES string of the molecule is CCCNC(CC)C(C)COCC. The number of rotatable bonds is 8. The van der Waals surface area contributed by atoms with E-state index in [9.17, 15) is 0 Å². The molecule has 13 heavy (non-hydrogen) atoms. The molecule has 80 valence electrons. The number of ether oxygens (including phenoxy) is 1. The molecule has 0 aromatic carbocycles. The summed E-state index contributed by atoms with van der Waals surface area (Å²) in [5.41, 5.74) is 0. The summed E-state index contributed by atoms with van der Waals surface area (Å²) in [6.07, 6.45) is 2.39. The lowest BCUT2D eigenvalue weighted by Crippen LogP contribution is -2.37. The van der Waals surface area contributed by atoms with Crippen molar-refractivity contribution in [3.63, 3.8) is 0 Å². The summed E-state index contributed by atoms with van der Waals surface area (Å²) in [5, 5.41) is 3.55. The molecule has 0 bridgehead atoms. The van der Waals surface area contributed by atoms with Gasteiger partial charge in [-0.15, -0.1) is 0 Å². The molecule has 2 atom stereocenters. The van der Waals surface area contributed by atoms with Crippen LogP contribution in [0.15, 0.2) is 0 Å². The van der Waals surface area contributed by atoms with Crippen molar-refractivity contribution >= 4 is 0 Å². The molecule has 1 N–H and O–H groups in total. The molecule has 0 radical (unpaired) electrons. The number of hydrogen-bond donors (Lipinski definition) is 1. The third kappa shape index (κ3) is 6.05. The third-order valence-corrected chi connectivity index (χ3v) is 2.37. The normalized spacial score (nSPS) is 15.7. The number of hydrogen-bond acceptors (Lipinski definition) is 2. The Morgan fingerprint density at radius 3 is 2.38 bits per heavy atom. The van der Waals surface area contributed by atoms with Gasteiger partial charge in [0.1, 0.15) is 0 Å². The van der Waals surface area contributed by atoms with Crippen LogP contribution in [0, 0.1) is 5.92 Å². The van der Waals surface area contributed by atoms with Crippen LogP contribution in [0.2, 0.25) is 0 Å². The summed E-state index contributed by atoms with van der Waals surface area (Å²) < 4.78 is 5.42. The molecule has 0 fully saturated rings. The zero-order valence-electron chi connectivity index (χ0n) is 9.60. The fraction of sp³-hybridized carbons (Fsp3) is 1.00. The van der Waals surface area contributed by atoms with Crippen molar-refractivity contribution in [2.24, 2.45) is 5.92 Å². The second-order valence-electron chi connectivity index (χ2n) is 3.61. The van der Waals surface area contributed by atoms with Crippen molar-refractivity contribution in [2.45, 2.75) is 46.6 Å². The van der Waals surface area contributed by atoms with Gasteiger partial charge in [-0.25, -0.2) is 0 Å². The standard InChI is InChI=1S/C11H25NO/c1-5-8-12-11(6-2)10(4)9-13-7-3/h10-12H,5-9H2,1-4H3. The zero-order chi connectivity index (χ0) is 10.1. The molecule has 0 aliphatic rings. The monoisotopic (exact) mass is 187 g/mol. The Hall–Kier alpha value is -0.0800. The van der Waals surface area contributed by atoms with Crippen LogP contribution in [-0.2, 0) is 4.74 Å². The summed E-state index contributed by atoms with van der Waals surface area (Å²) in [6.45, 7) is 11.6. The van der Waals surface area contributed by atoms with Crippen LogP contribution in [0.5, 0.6) is 0 Å². The highest BCUT2D eigenvalue weighted by Gasteiger charge is 2.13. The molecule has 0 aliphatic heterocycles. The van der Waals surface area contributed by atoms with Crippen molar-refractivity contribution < 1.29 is 4.74 Å². The molecule has 2 heteroatoms. The lowest BCUT2D eigenvalue weighted by molar-refractivity contribution is 0.100. The lowest BCUT2D eigenvalue weighted by Gasteiger charge is -2.23. The highest BCUT2D eigenvalue weighted by molar-refractivity contribution is 4.71. The van der Waals surface area contributed by atoms with Gasteiger partial charge in [0.2, 0.25) is 0 Å². The molecular weight excluding hydrogens is 162 g/mol. The average molecular weight is 187 g/mol. The largest absolute Gasteiger partial charge is 0.381 e. The van der Waals surface area contributed by atoms with E-state index in [4.69, 9.17) is 4.74 Å². The minimum absolute atomic E-state index is 0.617. The predicted octanol–water partition coefficient (Wildman–Crippen LogP) is 2.44. The summed E-state index contributed by atoms with van der Waals surface area (Å²) in [6, 6.07) is 0.617. The van der Waals surface area contributed by atoms with Crippen molar-refractivity contribution in [1.82, 2.24) is 5.32 Å². The van der Waals surface area contributed by atoms with Gasteiger partial charge in [0.15, 0.2) is 0 Å². The van der Waals surface area contributed by atoms with E-state index in [1.165, 1.54) is 12.8 Å². The van der Waals surface area contributed by atoms with Gasteiger partial charge in [-0.3, -0.25) is 0 Å². The maximum Gasteiger partial charge on any atom is 0.0506 e. The highest BCUT2D eigenvalue weighted by Crippen LogP contribution is 2.07. The average Bonchev–Trinajstić information content (AvgIpc) is 2.16. The molecule has 0 amide bonds. The van der Waals surface area contributed by atoms with Crippen LogP contribution >= 0.6 is 0 Å². The van der Waals surface area contributed by atoms with E-state index in [0.717, 1.165) is 19.8 Å². The van der Waals surface area contributed by atoms with Gasteiger partial charge in [0.05, 0.1) is 6.61 Å². The highest BCUT2D eigenvalue weighted by atomic mass is 16.5.